The fourth-order valence-electron chi connectivity index (χ4n) is 4.71. The van der Waals surface area contributed by atoms with Crippen molar-refractivity contribution in [3.05, 3.63) is 130 Å². The molecular weight excluding hydrogens is 704 g/mol. The first kappa shape index (κ1) is 35.4. The first-order chi connectivity index (χ1) is 21.3. The van der Waals surface area contributed by atoms with Gasteiger partial charge in [-0.2, -0.15) is 0 Å². The zero-order valence-corrected chi connectivity index (χ0v) is 28.0. The average molecular weight is 730 g/mol. The van der Waals surface area contributed by atoms with E-state index in [0.717, 1.165) is 30.5 Å². The van der Waals surface area contributed by atoms with Crippen LogP contribution in [0.5, 0.6) is 0 Å². The molecule has 1 aliphatic carbocycles. The van der Waals surface area contributed by atoms with Gasteiger partial charge in [-0.25, -0.2) is 47.2 Å². The molecule has 9 nitrogen and oxygen atoms in total. The molecule has 0 aliphatic heterocycles. The number of hydrogen-bond acceptors (Lipinski definition) is 8. The Hall–Kier alpha value is -3.47. The van der Waals surface area contributed by atoms with Crippen molar-refractivity contribution in [3.8, 4) is 0 Å². The second-order valence-electron chi connectivity index (χ2n) is 10.1. The van der Waals surface area contributed by atoms with E-state index < -0.39 is 71.5 Å². The Labute approximate surface area is 270 Å². The SMILES string of the molecule is C[C@H](NS(C)(=O)=O)c1ccc(S(=O)(=O)C2=Cc3ccccc3C2S(=O)(=O)c2ccccc2F)cc1.O=S(=O)(Cl)c1ccccc1F. The molecule has 46 heavy (non-hydrogen) atoms. The highest BCUT2D eigenvalue weighted by Gasteiger charge is 2.44. The highest BCUT2D eigenvalue weighted by molar-refractivity contribution is 8.13. The molecular formula is C30H26ClF2NO8S4. The third-order valence-corrected chi connectivity index (χ3v) is 13.0. The normalized spacial score (nSPS) is 15.7. The van der Waals surface area contributed by atoms with Crippen LogP contribution in [0.2, 0.25) is 0 Å². The van der Waals surface area contributed by atoms with Crippen LogP contribution in [0.3, 0.4) is 0 Å². The molecule has 5 rings (SSSR count). The number of hydrogen-bond donors (Lipinski definition) is 1. The van der Waals surface area contributed by atoms with Gasteiger partial charge >= 0.3 is 0 Å². The van der Waals surface area contributed by atoms with Crippen molar-refractivity contribution >= 4 is 55.5 Å². The Morgan fingerprint density at radius 1 is 0.696 bits per heavy atom. The van der Waals surface area contributed by atoms with Crippen molar-refractivity contribution in [2.45, 2.75) is 32.9 Å². The molecule has 4 aromatic carbocycles. The number of nitrogens with one attached hydrogen (secondary N) is 1. The first-order valence-electron chi connectivity index (χ1n) is 13.1. The summed E-state index contributed by atoms with van der Waals surface area (Å²) in [6.45, 7) is 1.61. The molecule has 244 valence electrons. The molecule has 16 heteroatoms. The van der Waals surface area contributed by atoms with Crippen LogP contribution in [0, 0.1) is 11.6 Å². The third kappa shape index (κ3) is 7.73. The molecule has 0 aromatic heterocycles. The van der Waals surface area contributed by atoms with Crippen LogP contribution in [0.4, 0.5) is 8.78 Å². The molecule has 1 unspecified atom stereocenters. The minimum atomic E-state index is -4.46. The Balaban J connectivity index is 0.000000369. The van der Waals surface area contributed by atoms with Crippen molar-refractivity contribution in [2.75, 3.05) is 6.26 Å². The van der Waals surface area contributed by atoms with E-state index in [1.54, 1.807) is 25.1 Å². The van der Waals surface area contributed by atoms with Crippen molar-refractivity contribution in [1.82, 2.24) is 4.72 Å². The smallest absolute Gasteiger partial charge is 0.223 e. The lowest BCUT2D eigenvalue weighted by Crippen LogP contribution is -2.25. The summed E-state index contributed by atoms with van der Waals surface area (Å²) in [7, 11) is -11.3. The van der Waals surface area contributed by atoms with Gasteiger partial charge in [-0.3, -0.25) is 0 Å². The number of sulfonamides is 1. The van der Waals surface area contributed by atoms with Crippen LogP contribution in [0.15, 0.2) is 117 Å². The van der Waals surface area contributed by atoms with Gasteiger partial charge in [0.05, 0.1) is 16.1 Å². The van der Waals surface area contributed by atoms with E-state index in [1.807, 2.05) is 0 Å². The largest absolute Gasteiger partial charge is 0.264 e. The van der Waals surface area contributed by atoms with Gasteiger partial charge in [-0.15, -0.1) is 0 Å². The molecule has 0 radical (unpaired) electrons. The molecule has 2 atom stereocenters. The van der Waals surface area contributed by atoms with Gasteiger partial charge in [-0.05, 0) is 66.1 Å². The van der Waals surface area contributed by atoms with E-state index in [9.17, 15) is 42.5 Å². The van der Waals surface area contributed by atoms with Gasteiger partial charge in [0.15, 0.2) is 9.84 Å². The molecule has 0 heterocycles. The van der Waals surface area contributed by atoms with E-state index >= 15 is 0 Å². The summed E-state index contributed by atoms with van der Waals surface area (Å²) in [5, 5.41) is -1.62. The summed E-state index contributed by atoms with van der Waals surface area (Å²) in [6, 6.07) is 21.0. The van der Waals surface area contributed by atoms with Gasteiger partial charge in [0, 0.05) is 16.7 Å². The molecule has 1 aliphatic rings. The quantitative estimate of drug-likeness (QED) is 0.233. The van der Waals surface area contributed by atoms with E-state index in [2.05, 4.69) is 4.72 Å². The van der Waals surface area contributed by atoms with Gasteiger partial charge in [-0.1, -0.05) is 60.7 Å². The maximum absolute atomic E-state index is 14.5. The predicted molar refractivity (Wildman–Crippen MR) is 170 cm³/mol. The maximum atomic E-state index is 14.5. The van der Waals surface area contributed by atoms with Gasteiger partial charge in [0.1, 0.15) is 26.7 Å². The van der Waals surface area contributed by atoms with Gasteiger partial charge in [0.2, 0.25) is 19.9 Å². The van der Waals surface area contributed by atoms with E-state index in [0.29, 0.717) is 11.1 Å². The van der Waals surface area contributed by atoms with E-state index in [-0.39, 0.29) is 15.4 Å². The second-order valence-corrected chi connectivity index (χ2v) is 18.3. The number of fused-ring (bicyclic) bond motifs is 1. The van der Waals surface area contributed by atoms with Crippen LogP contribution < -0.4 is 4.72 Å². The lowest BCUT2D eigenvalue weighted by atomic mass is 10.1. The van der Waals surface area contributed by atoms with Crippen LogP contribution in [0.25, 0.3) is 6.08 Å². The molecule has 0 fully saturated rings. The van der Waals surface area contributed by atoms with Crippen LogP contribution in [-0.2, 0) is 38.7 Å². The molecule has 0 spiro atoms. The molecule has 0 saturated heterocycles. The zero-order chi connectivity index (χ0) is 34.1. The minimum Gasteiger partial charge on any atom is -0.223 e. The summed E-state index contributed by atoms with van der Waals surface area (Å²) in [5.41, 5.74) is 1.18. The van der Waals surface area contributed by atoms with Gasteiger partial charge in [0.25, 0.3) is 9.05 Å². The molecule has 0 saturated carbocycles. The lowest BCUT2D eigenvalue weighted by Gasteiger charge is -2.19. The predicted octanol–water partition coefficient (Wildman–Crippen LogP) is 5.53. The summed E-state index contributed by atoms with van der Waals surface area (Å²) in [5.74, 6) is -1.80. The fraction of sp³-hybridized carbons (Fsp3) is 0.133. The molecule has 1 N–H and O–H groups in total. The highest BCUT2D eigenvalue weighted by Crippen LogP contribution is 2.47. The van der Waals surface area contributed by atoms with Gasteiger partial charge < -0.3 is 0 Å². The third-order valence-electron chi connectivity index (χ3n) is 6.78. The first-order valence-corrected chi connectivity index (χ1v) is 20.4. The standard InChI is InChI=1S/C24H22FNO6S3.C6H4ClFO2S/c1-16(26-33(2,27)28)17-11-13-19(14-12-17)34(29,30)23-15-18-7-3-4-8-20(18)24(23)35(31,32)22-10-6-5-9-21(22)25;7-11(9,10)6-4-2-1-3-5(6)8/h3-16,24,26H,1-2H3;1-4H/t16-,24?;/m0./s1. The zero-order valence-electron chi connectivity index (χ0n) is 24.0. The Morgan fingerprint density at radius 3 is 1.70 bits per heavy atom. The van der Waals surface area contributed by atoms with Crippen LogP contribution in [-0.4, -0.2) is 39.9 Å². The second kappa shape index (κ2) is 13.3. The van der Waals surface area contributed by atoms with Crippen molar-refractivity contribution in [2.24, 2.45) is 0 Å². The summed E-state index contributed by atoms with van der Waals surface area (Å²) in [6.07, 6.45) is 2.32. The molecule has 0 bridgehead atoms. The minimum absolute atomic E-state index is 0.166. The Morgan fingerprint density at radius 2 is 1.20 bits per heavy atom. The number of sulfone groups is 2. The van der Waals surface area contributed by atoms with Crippen LogP contribution in [0.1, 0.15) is 34.9 Å². The van der Waals surface area contributed by atoms with Crippen LogP contribution >= 0.6 is 10.7 Å². The molecule has 4 aromatic rings. The Kier molecular flexibility index (Phi) is 10.3. The maximum Gasteiger partial charge on any atom is 0.264 e. The van der Waals surface area contributed by atoms with Crippen molar-refractivity contribution in [3.63, 3.8) is 0 Å². The average Bonchev–Trinajstić information content (AvgIpc) is 3.38. The lowest BCUT2D eigenvalue weighted by molar-refractivity contribution is 0.561. The summed E-state index contributed by atoms with van der Waals surface area (Å²) in [4.78, 5) is -1.61. The van der Waals surface area contributed by atoms with Crippen molar-refractivity contribution in [1.29, 1.82) is 0 Å². The highest BCUT2D eigenvalue weighted by atomic mass is 35.7. The number of rotatable bonds is 8. The summed E-state index contributed by atoms with van der Waals surface area (Å²) < 4.78 is 128. The topological polar surface area (TPSA) is 149 Å². The van der Waals surface area contributed by atoms with Crippen molar-refractivity contribution < 1.29 is 42.5 Å². The Bertz CT molecular complexity index is 2260. The number of benzene rings is 4. The fourth-order valence-corrected chi connectivity index (χ4v) is 10.4. The monoisotopic (exact) mass is 729 g/mol. The molecule has 0 amide bonds. The number of halogens is 3. The van der Waals surface area contributed by atoms with E-state index in [1.165, 1.54) is 60.7 Å². The summed E-state index contributed by atoms with van der Waals surface area (Å²) >= 11 is 0. The van der Waals surface area contributed by atoms with E-state index in [4.69, 9.17) is 10.7 Å².